The second-order valence-corrected chi connectivity index (χ2v) is 9.30. The van der Waals surface area contributed by atoms with Gasteiger partial charge in [0.05, 0.1) is 4.88 Å². The van der Waals surface area contributed by atoms with Gasteiger partial charge in [0.25, 0.3) is 5.91 Å². The van der Waals surface area contributed by atoms with Crippen molar-refractivity contribution in [1.82, 2.24) is 9.80 Å². The Kier molecular flexibility index (Phi) is 4.73. The summed E-state index contributed by atoms with van der Waals surface area (Å²) in [4.78, 5) is 30.2. The highest BCUT2D eigenvalue weighted by molar-refractivity contribution is 7.14. The maximum absolute atomic E-state index is 12.8. The van der Waals surface area contributed by atoms with Crippen LogP contribution in [0.1, 0.15) is 54.2 Å². The van der Waals surface area contributed by atoms with Crippen LogP contribution in [0.5, 0.6) is 0 Å². The predicted octanol–water partition coefficient (Wildman–Crippen LogP) is 3.20. The third-order valence-electron chi connectivity index (χ3n) is 5.53. The number of aryl methyl sites for hydroxylation is 1. The predicted molar refractivity (Wildman–Crippen MR) is 97.4 cm³/mol. The highest BCUT2D eigenvalue weighted by atomic mass is 32.1. The summed E-state index contributed by atoms with van der Waals surface area (Å²) in [5.41, 5.74) is 1.71. The van der Waals surface area contributed by atoms with Crippen molar-refractivity contribution in [3.05, 3.63) is 21.4 Å². The molecule has 2 aliphatic rings. The van der Waals surface area contributed by atoms with Crippen molar-refractivity contribution >= 4 is 23.2 Å². The van der Waals surface area contributed by atoms with Gasteiger partial charge in [-0.1, -0.05) is 20.8 Å². The summed E-state index contributed by atoms with van der Waals surface area (Å²) >= 11 is 1.69. The van der Waals surface area contributed by atoms with E-state index in [0.29, 0.717) is 37.5 Å². The molecule has 0 radical (unpaired) electrons. The topological polar surface area (TPSA) is 40.6 Å². The summed E-state index contributed by atoms with van der Waals surface area (Å²) in [6.45, 7) is 11.1. The molecule has 0 unspecified atom stereocenters. The van der Waals surface area contributed by atoms with Crippen molar-refractivity contribution in [2.75, 3.05) is 26.2 Å². The molecular formula is C19H28N2O2S. The first-order chi connectivity index (χ1) is 11.3. The van der Waals surface area contributed by atoms with Gasteiger partial charge in [-0.25, -0.2) is 0 Å². The number of nitrogens with zero attached hydrogens (tertiary/aromatic N) is 2. The van der Waals surface area contributed by atoms with Gasteiger partial charge in [0, 0.05) is 38.0 Å². The van der Waals surface area contributed by atoms with E-state index in [1.807, 2.05) is 9.80 Å². The molecule has 2 heterocycles. The molecule has 1 aromatic heterocycles. The van der Waals surface area contributed by atoms with Crippen LogP contribution < -0.4 is 0 Å². The number of amides is 2. The lowest BCUT2D eigenvalue weighted by atomic mass is 9.72. The van der Waals surface area contributed by atoms with Crippen molar-refractivity contribution in [2.45, 2.75) is 47.0 Å². The molecule has 0 N–H and O–H groups in total. The molecule has 1 atom stereocenters. The van der Waals surface area contributed by atoms with Gasteiger partial charge in [0.2, 0.25) is 5.91 Å². The molecule has 0 saturated carbocycles. The van der Waals surface area contributed by atoms with Gasteiger partial charge < -0.3 is 9.80 Å². The van der Waals surface area contributed by atoms with Crippen LogP contribution in [0.4, 0.5) is 0 Å². The van der Waals surface area contributed by atoms with Gasteiger partial charge in [-0.15, -0.1) is 11.3 Å². The minimum Gasteiger partial charge on any atom is -0.339 e. The van der Waals surface area contributed by atoms with Crippen LogP contribution in [-0.4, -0.2) is 47.8 Å². The van der Waals surface area contributed by atoms with E-state index in [0.717, 1.165) is 17.7 Å². The number of hydrogen-bond donors (Lipinski definition) is 0. The molecule has 2 amide bonds. The summed E-state index contributed by atoms with van der Waals surface area (Å²) in [5, 5.41) is 0. The van der Waals surface area contributed by atoms with Crippen LogP contribution in [-0.2, 0) is 17.6 Å². The molecule has 0 spiro atoms. The van der Waals surface area contributed by atoms with Crippen LogP contribution in [0.2, 0.25) is 0 Å². The van der Waals surface area contributed by atoms with Gasteiger partial charge in [0.1, 0.15) is 0 Å². The Morgan fingerprint density at radius 2 is 1.75 bits per heavy atom. The first kappa shape index (κ1) is 17.5. The lowest BCUT2D eigenvalue weighted by molar-refractivity contribution is -0.130. The Bertz CT molecular complexity index is 636. The first-order valence-electron chi connectivity index (χ1n) is 8.92. The number of carbonyl (C=O) groups is 2. The zero-order valence-corrected chi connectivity index (χ0v) is 16.0. The fourth-order valence-corrected chi connectivity index (χ4v) is 4.92. The van der Waals surface area contributed by atoms with E-state index < -0.39 is 0 Å². The van der Waals surface area contributed by atoms with E-state index in [1.54, 1.807) is 18.3 Å². The van der Waals surface area contributed by atoms with Gasteiger partial charge in [-0.05, 0) is 42.2 Å². The lowest BCUT2D eigenvalue weighted by Crippen LogP contribution is -2.49. The normalized spacial score (nSPS) is 21.6. The molecule has 1 aliphatic heterocycles. The molecule has 0 bridgehead atoms. The van der Waals surface area contributed by atoms with E-state index in [1.165, 1.54) is 16.9 Å². The van der Waals surface area contributed by atoms with Crippen molar-refractivity contribution in [3.63, 3.8) is 0 Å². The van der Waals surface area contributed by atoms with E-state index in [2.05, 4.69) is 26.8 Å². The SMILES string of the molecule is CC(=O)N1CCN(C(=O)c2cc3c(s2)CC[C@H](C(C)(C)C)C3)CC1. The van der Waals surface area contributed by atoms with E-state index in [-0.39, 0.29) is 11.8 Å². The molecule has 1 aromatic rings. The number of rotatable bonds is 1. The maximum atomic E-state index is 12.8. The average Bonchev–Trinajstić information content (AvgIpc) is 2.96. The van der Waals surface area contributed by atoms with Crippen molar-refractivity contribution in [2.24, 2.45) is 11.3 Å². The Hall–Kier alpha value is -1.36. The Morgan fingerprint density at radius 3 is 2.33 bits per heavy atom. The third kappa shape index (κ3) is 3.51. The van der Waals surface area contributed by atoms with Crippen LogP contribution in [0, 0.1) is 11.3 Å². The average molecular weight is 349 g/mol. The van der Waals surface area contributed by atoms with Crippen LogP contribution in [0.3, 0.4) is 0 Å². The lowest BCUT2D eigenvalue weighted by Gasteiger charge is -2.34. The summed E-state index contributed by atoms with van der Waals surface area (Å²) in [5.74, 6) is 0.938. The molecule has 1 aliphatic carbocycles. The zero-order valence-electron chi connectivity index (χ0n) is 15.2. The van der Waals surface area contributed by atoms with Gasteiger partial charge >= 0.3 is 0 Å². The Labute approximate surface area is 148 Å². The van der Waals surface area contributed by atoms with Gasteiger partial charge in [-0.2, -0.15) is 0 Å². The number of carbonyl (C=O) groups excluding carboxylic acids is 2. The molecule has 1 saturated heterocycles. The van der Waals surface area contributed by atoms with Crippen molar-refractivity contribution < 1.29 is 9.59 Å². The molecule has 24 heavy (non-hydrogen) atoms. The summed E-state index contributed by atoms with van der Waals surface area (Å²) in [7, 11) is 0. The smallest absolute Gasteiger partial charge is 0.264 e. The second kappa shape index (κ2) is 6.51. The van der Waals surface area contributed by atoms with Gasteiger partial charge in [0.15, 0.2) is 0 Å². The second-order valence-electron chi connectivity index (χ2n) is 8.16. The van der Waals surface area contributed by atoms with Crippen molar-refractivity contribution in [3.8, 4) is 0 Å². The van der Waals surface area contributed by atoms with Crippen LogP contribution in [0.25, 0.3) is 0 Å². The first-order valence-corrected chi connectivity index (χ1v) is 9.73. The summed E-state index contributed by atoms with van der Waals surface area (Å²) < 4.78 is 0. The van der Waals surface area contributed by atoms with Crippen LogP contribution >= 0.6 is 11.3 Å². The van der Waals surface area contributed by atoms with E-state index in [4.69, 9.17) is 0 Å². The maximum Gasteiger partial charge on any atom is 0.264 e. The third-order valence-corrected chi connectivity index (χ3v) is 6.76. The molecule has 1 fully saturated rings. The largest absolute Gasteiger partial charge is 0.339 e. The van der Waals surface area contributed by atoms with E-state index in [9.17, 15) is 9.59 Å². The molecule has 5 heteroatoms. The fraction of sp³-hybridized carbons (Fsp3) is 0.684. The Morgan fingerprint density at radius 1 is 1.12 bits per heavy atom. The summed E-state index contributed by atoms with van der Waals surface area (Å²) in [6, 6.07) is 2.14. The molecule has 132 valence electrons. The number of piperazine rings is 1. The van der Waals surface area contributed by atoms with E-state index >= 15 is 0 Å². The van der Waals surface area contributed by atoms with Crippen LogP contribution in [0.15, 0.2) is 6.07 Å². The summed E-state index contributed by atoms with van der Waals surface area (Å²) in [6.07, 6.45) is 3.43. The van der Waals surface area contributed by atoms with Crippen molar-refractivity contribution in [1.29, 1.82) is 0 Å². The molecule has 3 rings (SSSR count). The number of thiophene rings is 1. The highest BCUT2D eigenvalue weighted by Gasteiger charge is 2.31. The molecule has 0 aromatic carbocycles. The number of hydrogen-bond acceptors (Lipinski definition) is 3. The monoisotopic (exact) mass is 348 g/mol. The van der Waals surface area contributed by atoms with Gasteiger partial charge in [-0.3, -0.25) is 9.59 Å². The quantitative estimate of drug-likeness (QED) is 0.782. The minimum atomic E-state index is 0.0990. The highest BCUT2D eigenvalue weighted by Crippen LogP contribution is 2.40. The Balaban J connectivity index is 1.68. The molecule has 4 nitrogen and oxygen atoms in total. The standard InChI is InChI=1S/C19H28N2O2S/c1-13(22)20-7-9-21(10-8-20)18(23)17-12-14-11-15(19(2,3)4)5-6-16(14)24-17/h12,15H,5-11H2,1-4H3/t15-/m0/s1. The number of fused-ring (bicyclic) bond motifs is 1. The molecular weight excluding hydrogens is 320 g/mol. The minimum absolute atomic E-state index is 0.0990. The zero-order chi connectivity index (χ0) is 17.5. The fourth-order valence-electron chi connectivity index (χ4n) is 3.75.